The van der Waals surface area contributed by atoms with Gasteiger partial charge in [0.25, 0.3) is 5.91 Å². The van der Waals surface area contributed by atoms with Crippen LogP contribution in [0.1, 0.15) is 28.9 Å². The lowest BCUT2D eigenvalue weighted by atomic mass is 10.1. The van der Waals surface area contributed by atoms with Gasteiger partial charge < -0.3 is 14.8 Å². The molecule has 1 N–H and O–H groups in total. The molecule has 0 spiro atoms. The predicted molar refractivity (Wildman–Crippen MR) is 93.7 cm³/mol. The molecule has 1 amide bonds. The molecule has 0 radical (unpaired) electrons. The first-order chi connectivity index (χ1) is 11.1. The molecule has 0 heterocycles. The Morgan fingerprint density at radius 3 is 2.52 bits per heavy atom. The average Bonchev–Trinajstić information content (AvgIpc) is 2.60. The Kier molecular flexibility index (Phi) is 5.93. The SMILES string of the molecule is COc1ccc(OC)c(C(C)NC(=O)c2ccccc2SC)c1. The maximum absolute atomic E-state index is 12.6. The molecule has 2 aromatic carbocycles. The van der Waals surface area contributed by atoms with E-state index in [2.05, 4.69) is 5.32 Å². The second-order valence-electron chi connectivity index (χ2n) is 5.00. The molecule has 2 rings (SSSR count). The average molecular weight is 331 g/mol. The minimum atomic E-state index is -0.206. The largest absolute Gasteiger partial charge is 0.497 e. The van der Waals surface area contributed by atoms with Crippen molar-refractivity contribution in [3.8, 4) is 11.5 Å². The maximum atomic E-state index is 12.6. The summed E-state index contributed by atoms with van der Waals surface area (Å²) in [5.41, 5.74) is 1.55. The highest BCUT2D eigenvalue weighted by molar-refractivity contribution is 7.98. The van der Waals surface area contributed by atoms with E-state index in [-0.39, 0.29) is 11.9 Å². The van der Waals surface area contributed by atoms with Gasteiger partial charge in [-0.3, -0.25) is 4.79 Å². The first kappa shape index (κ1) is 17.2. The number of carbonyl (C=O) groups is 1. The highest BCUT2D eigenvalue weighted by atomic mass is 32.2. The van der Waals surface area contributed by atoms with Gasteiger partial charge in [0.15, 0.2) is 0 Å². The molecule has 0 fully saturated rings. The van der Waals surface area contributed by atoms with Gasteiger partial charge in [-0.1, -0.05) is 12.1 Å². The summed E-state index contributed by atoms with van der Waals surface area (Å²) in [6.07, 6.45) is 1.96. The number of benzene rings is 2. The standard InChI is InChI=1S/C18H21NO3S/c1-12(15-11-13(21-2)9-10-16(15)22-3)19-18(20)14-7-5-6-8-17(14)23-4/h5-12H,1-4H3,(H,19,20). The molecule has 0 bridgehead atoms. The van der Waals surface area contributed by atoms with Crippen LogP contribution in [-0.2, 0) is 0 Å². The van der Waals surface area contributed by atoms with E-state index in [0.29, 0.717) is 5.56 Å². The van der Waals surface area contributed by atoms with Crippen molar-refractivity contribution in [2.75, 3.05) is 20.5 Å². The quantitative estimate of drug-likeness (QED) is 0.815. The smallest absolute Gasteiger partial charge is 0.252 e. The fourth-order valence-electron chi connectivity index (χ4n) is 2.36. The molecule has 4 nitrogen and oxygen atoms in total. The van der Waals surface area contributed by atoms with Crippen molar-refractivity contribution in [3.05, 3.63) is 53.6 Å². The lowest BCUT2D eigenvalue weighted by molar-refractivity contribution is 0.0936. The summed E-state index contributed by atoms with van der Waals surface area (Å²) >= 11 is 1.55. The van der Waals surface area contributed by atoms with E-state index in [0.717, 1.165) is 22.0 Å². The second kappa shape index (κ2) is 7.92. The minimum Gasteiger partial charge on any atom is -0.497 e. The lowest BCUT2D eigenvalue weighted by Gasteiger charge is -2.19. The molecule has 0 aliphatic heterocycles. The van der Waals surface area contributed by atoms with Crippen LogP contribution in [0.15, 0.2) is 47.4 Å². The molecule has 0 aliphatic rings. The highest BCUT2D eigenvalue weighted by Gasteiger charge is 2.17. The van der Waals surface area contributed by atoms with Gasteiger partial charge >= 0.3 is 0 Å². The summed E-state index contributed by atoms with van der Waals surface area (Å²) in [6.45, 7) is 1.93. The third kappa shape index (κ3) is 3.99. The summed E-state index contributed by atoms with van der Waals surface area (Å²) in [6, 6.07) is 12.9. The van der Waals surface area contributed by atoms with E-state index in [1.807, 2.05) is 55.6 Å². The Morgan fingerprint density at radius 1 is 1.13 bits per heavy atom. The molecule has 5 heteroatoms. The Balaban J connectivity index is 2.24. The van der Waals surface area contributed by atoms with Crippen LogP contribution in [0, 0.1) is 0 Å². The fraction of sp³-hybridized carbons (Fsp3) is 0.278. The van der Waals surface area contributed by atoms with Crippen LogP contribution in [0.25, 0.3) is 0 Å². The zero-order valence-corrected chi connectivity index (χ0v) is 14.6. The normalized spacial score (nSPS) is 11.7. The van der Waals surface area contributed by atoms with E-state index in [1.165, 1.54) is 0 Å². The van der Waals surface area contributed by atoms with Crippen LogP contribution in [0.4, 0.5) is 0 Å². The van der Waals surface area contributed by atoms with Crippen molar-refractivity contribution in [2.45, 2.75) is 17.9 Å². The van der Waals surface area contributed by atoms with Gasteiger partial charge in [0, 0.05) is 10.5 Å². The number of ether oxygens (including phenoxy) is 2. The van der Waals surface area contributed by atoms with Crippen LogP contribution in [0.5, 0.6) is 11.5 Å². The third-order valence-electron chi connectivity index (χ3n) is 3.60. The number of thioether (sulfide) groups is 1. The van der Waals surface area contributed by atoms with Gasteiger partial charge in [-0.2, -0.15) is 0 Å². The molecule has 122 valence electrons. The molecule has 0 saturated heterocycles. The first-order valence-electron chi connectivity index (χ1n) is 7.26. The fourth-order valence-corrected chi connectivity index (χ4v) is 2.96. The molecular weight excluding hydrogens is 310 g/mol. The molecule has 0 aliphatic carbocycles. The topological polar surface area (TPSA) is 47.6 Å². The van der Waals surface area contributed by atoms with Crippen LogP contribution < -0.4 is 14.8 Å². The van der Waals surface area contributed by atoms with Gasteiger partial charge in [-0.25, -0.2) is 0 Å². The molecule has 0 aromatic heterocycles. The van der Waals surface area contributed by atoms with Gasteiger partial charge in [0.1, 0.15) is 11.5 Å². The molecule has 23 heavy (non-hydrogen) atoms. The molecule has 1 atom stereocenters. The Bertz CT molecular complexity index is 688. The van der Waals surface area contributed by atoms with Crippen molar-refractivity contribution < 1.29 is 14.3 Å². The number of methoxy groups -OCH3 is 2. The van der Waals surface area contributed by atoms with E-state index in [1.54, 1.807) is 26.0 Å². The first-order valence-corrected chi connectivity index (χ1v) is 8.49. The summed E-state index contributed by atoms with van der Waals surface area (Å²) in [5.74, 6) is 1.34. The number of amides is 1. The lowest BCUT2D eigenvalue weighted by Crippen LogP contribution is -2.27. The highest BCUT2D eigenvalue weighted by Crippen LogP contribution is 2.29. The number of hydrogen-bond acceptors (Lipinski definition) is 4. The zero-order chi connectivity index (χ0) is 16.8. The van der Waals surface area contributed by atoms with Gasteiger partial charge in [-0.05, 0) is 43.5 Å². The Hall–Kier alpha value is -2.14. The summed E-state index contributed by atoms with van der Waals surface area (Å²) in [4.78, 5) is 13.5. The predicted octanol–water partition coefficient (Wildman–Crippen LogP) is 3.92. The monoisotopic (exact) mass is 331 g/mol. The van der Waals surface area contributed by atoms with E-state index >= 15 is 0 Å². The summed E-state index contributed by atoms with van der Waals surface area (Å²) in [5, 5.41) is 3.03. The van der Waals surface area contributed by atoms with Crippen LogP contribution in [0.3, 0.4) is 0 Å². The summed E-state index contributed by atoms with van der Waals surface area (Å²) < 4.78 is 10.6. The third-order valence-corrected chi connectivity index (χ3v) is 4.40. The van der Waals surface area contributed by atoms with E-state index in [4.69, 9.17) is 9.47 Å². The molecule has 2 aromatic rings. The van der Waals surface area contributed by atoms with Crippen molar-refractivity contribution >= 4 is 17.7 Å². The number of hydrogen-bond donors (Lipinski definition) is 1. The molecule has 0 saturated carbocycles. The van der Waals surface area contributed by atoms with Crippen molar-refractivity contribution in [1.29, 1.82) is 0 Å². The number of nitrogens with one attached hydrogen (secondary N) is 1. The van der Waals surface area contributed by atoms with Gasteiger partial charge in [0.05, 0.1) is 25.8 Å². The van der Waals surface area contributed by atoms with E-state index in [9.17, 15) is 4.79 Å². The summed E-state index contributed by atoms with van der Waals surface area (Å²) in [7, 11) is 3.23. The van der Waals surface area contributed by atoms with Crippen molar-refractivity contribution in [3.63, 3.8) is 0 Å². The van der Waals surface area contributed by atoms with E-state index < -0.39 is 0 Å². The van der Waals surface area contributed by atoms with Crippen LogP contribution in [-0.4, -0.2) is 26.4 Å². The molecule has 1 unspecified atom stereocenters. The number of rotatable bonds is 6. The van der Waals surface area contributed by atoms with Crippen LogP contribution in [0.2, 0.25) is 0 Å². The van der Waals surface area contributed by atoms with Crippen LogP contribution >= 0.6 is 11.8 Å². The Morgan fingerprint density at radius 2 is 1.87 bits per heavy atom. The Labute approximate surface area is 141 Å². The maximum Gasteiger partial charge on any atom is 0.252 e. The minimum absolute atomic E-state index is 0.104. The number of carbonyl (C=O) groups excluding carboxylic acids is 1. The second-order valence-corrected chi connectivity index (χ2v) is 5.85. The van der Waals surface area contributed by atoms with Gasteiger partial charge in [0.2, 0.25) is 0 Å². The van der Waals surface area contributed by atoms with Crippen molar-refractivity contribution in [2.24, 2.45) is 0 Å². The molecular formula is C18H21NO3S. The van der Waals surface area contributed by atoms with Gasteiger partial charge in [-0.15, -0.1) is 11.8 Å². The van der Waals surface area contributed by atoms with Crippen molar-refractivity contribution in [1.82, 2.24) is 5.32 Å². The zero-order valence-electron chi connectivity index (χ0n) is 13.8.